The largest absolute Gasteiger partial charge is 0.481 e. The van der Waals surface area contributed by atoms with Crippen LogP contribution in [0.2, 0.25) is 0 Å². The highest BCUT2D eigenvalue weighted by atomic mass is 16.5. The highest BCUT2D eigenvalue weighted by Crippen LogP contribution is 2.15. The molecule has 50 heavy (non-hydrogen) atoms. The third-order valence-electron chi connectivity index (χ3n) is 8.90. The number of ether oxygens (including phenoxy) is 1. The zero-order chi connectivity index (χ0) is 36.4. The fraction of sp³-hybridized carbons (Fsp3) is 0.696. The van der Waals surface area contributed by atoms with E-state index in [0.29, 0.717) is 19.3 Å². The number of esters is 1. The van der Waals surface area contributed by atoms with Gasteiger partial charge in [-0.05, 0) is 89.5 Å². The third-order valence-corrected chi connectivity index (χ3v) is 8.90. The van der Waals surface area contributed by atoms with Crippen LogP contribution in [-0.4, -0.2) is 23.1 Å². The Labute approximate surface area is 309 Å². The zero-order valence-corrected chi connectivity index (χ0v) is 32.7. The second-order valence-corrected chi connectivity index (χ2v) is 13.8. The molecule has 0 saturated carbocycles. The molecule has 0 heterocycles. The lowest BCUT2D eigenvalue weighted by atomic mass is 10.1. The molecule has 0 bridgehead atoms. The maximum Gasteiger partial charge on any atom is 0.306 e. The Kier molecular flexibility index (Phi) is 38.7. The predicted octanol–water partition coefficient (Wildman–Crippen LogP) is 14.7. The molecule has 0 spiro atoms. The maximum atomic E-state index is 12.6. The minimum absolute atomic E-state index is 0.138. The number of carbonyl (C=O) groups is 2. The Morgan fingerprint density at radius 2 is 0.900 bits per heavy atom. The van der Waals surface area contributed by atoms with Crippen LogP contribution in [-0.2, 0) is 14.3 Å². The number of rotatable bonds is 37. The summed E-state index contributed by atoms with van der Waals surface area (Å²) in [5.41, 5.74) is 0. The summed E-state index contributed by atoms with van der Waals surface area (Å²) in [4.78, 5) is 23.4. The van der Waals surface area contributed by atoms with Crippen molar-refractivity contribution in [2.45, 2.75) is 206 Å². The lowest BCUT2D eigenvalue weighted by molar-refractivity contribution is -0.147. The average Bonchev–Trinajstić information content (AvgIpc) is 3.10. The van der Waals surface area contributed by atoms with Crippen LogP contribution < -0.4 is 0 Å². The van der Waals surface area contributed by atoms with E-state index in [0.717, 1.165) is 51.4 Å². The van der Waals surface area contributed by atoms with Crippen molar-refractivity contribution in [3.63, 3.8) is 0 Å². The molecule has 1 atom stereocenters. The molecule has 0 aliphatic heterocycles. The van der Waals surface area contributed by atoms with E-state index >= 15 is 0 Å². The van der Waals surface area contributed by atoms with E-state index in [-0.39, 0.29) is 18.5 Å². The predicted molar refractivity (Wildman–Crippen MR) is 218 cm³/mol. The molecule has 0 aromatic carbocycles. The summed E-state index contributed by atoms with van der Waals surface area (Å²) in [6.07, 6.45) is 58.0. The van der Waals surface area contributed by atoms with Crippen LogP contribution in [0.3, 0.4) is 0 Å². The van der Waals surface area contributed by atoms with Gasteiger partial charge in [-0.25, -0.2) is 0 Å². The summed E-state index contributed by atoms with van der Waals surface area (Å²) < 4.78 is 5.79. The van der Waals surface area contributed by atoms with Crippen molar-refractivity contribution in [2.75, 3.05) is 0 Å². The smallest absolute Gasteiger partial charge is 0.306 e. The van der Waals surface area contributed by atoms with Crippen LogP contribution in [0.25, 0.3) is 0 Å². The summed E-state index contributed by atoms with van der Waals surface area (Å²) in [7, 11) is 0. The number of carboxylic acids is 1. The maximum absolute atomic E-state index is 12.6. The molecule has 286 valence electrons. The average molecular weight is 695 g/mol. The molecule has 0 aliphatic rings. The van der Waals surface area contributed by atoms with Crippen LogP contribution in [0.5, 0.6) is 0 Å². The van der Waals surface area contributed by atoms with E-state index < -0.39 is 5.97 Å². The second-order valence-electron chi connectivity index (χ2n) is 13.8. The quantitative estimate of drug-likeness (QED) is 0.0399. The van der Waals surface area contributed by atoms with Crippen molar-refractivity contribution in [2.24, 2.45) is 0 Å². The van der Waals surface area contributed by atoms with Crippen LogP contribution in [0.1, 0.15) is 200 Å². The highest BCUT2D eigenvalue weighted by molar-refractivity contribution is 5.69. The van der Waals surface area contributed by atoms with Crippen molar-refractivity contribution in [1.82, 2.24) is 0 Å². The third kappa shape index (κ3) is 39.8. The summed E-state index contributed by atoms with van der Waals surface area (Å²) in [6, 6.07) is 0. The lowest BCUT2D eigenvalue weighted by Crippen LogP contribution is -2.16. The van der Waals surface area contributed by atoms with E-state index in [1.807, 2.05) is 6.08 Å². The van der Waals surface area contributed by atoms with Gasteiger partial charge in [0.25, 0.3) is 0 Å². The van der Waals surface area contributed by atoms with Gasteiger partial charge in [-0.3, -0.25) is 9.59 Å². The van der Waals surface area contributed by atoms with Gasteiger partial charge < -0.3 is 9.84 Å². The van der Waals surface area contributed by atoms with Crippen LogP contribution >= 0.6 is 0 Å². The molecule has 1 N–H and O–H groups in total. The van der Waals surface area contributed by atoms with Gasteiger partial charge in [0.15, 0.2) is 0 Å². The van der Waals surface area contributed by atoms with Crippen molar-refractivity contribution < 1.29 is 19.4 Å². The van der Waals surface area contributed by atoms with E-state index in [1.165, 1.54) is 109 Å². The minimum Gasteiger partial charge on any atom is -0.481 e. The summed E-state index contributed by atoms with van der Waals surface area (Å²) in [5.74, 6) is -0.915. The number of hydrogen-bond donors (Lipinski definition) is 1. The molecule has 0 radical (unpaired) electrons. The summed E-state index contributed by atoms with van der Waals surface area (Å²) >= 11 is 0. The van der Waals surface area contributed by atoms with Gasteiger partial charge in [0, 0.05) is 12.8 Å². The zero-order valence-electron chi connectivity index (χ0n) is 32.7. The summed E-state index contributed by atoms with van der Waals surface area (Å²) in [5, 5.41) is 8.94. The van der Waals surface area contributed by atoms with Crippen LogP contribution in [0.15, 0.2) is 72.9 Å². The Morgan fingerprint density at radius 1 is 0.480 bits per heavy atom. The first-order chi connectivity index (χ1) is 24.6. The molecular weight excluding hydrogens is 617 g/mol. The molecular formula is C46H78O4. The molecule has 0 amide bonds. The van der Waals surface area contributed by atoms with Gasteiger partial charge in [-0.15, -0.1) is 0 Å². The number of carbonyl (C=O) groups excluding carboxylic acids is 1. The Bertz CT molecular complexity index is 922. The van der Waals surface area contributed by atoms with E-state index in [1.54, 1.807) is 0 Å². The number of allylic oxidation sites excluding steroid dienone is 11. The molecule has 0 rings (SSSR count). The van der Waals surface area contributed by atoms with E-state index in [4.69, 9.17) is 9.84 Å². The molecule has 4 nitrogen and oxygen atoms in total. The normalized spacial score (nSPS) is 13.0. The van der Waals surface area contributed by atoms with Gasteiger partial charge in [-0.2, -0.15) is 0 Å². The van der Waals surface area contributed by atoms with E-state index in [9.17, 15) is 9.59 Å². The summed E-state index contributed by atoms with van der Waals surface area (Å²) in [6.45, 7) is 4.43. The van der Waals surface area contributed by atoms with Gasteiger partial charge in [0.05, 0.1) is 0 Å². The van der Waals surface area contributed by atoms with E-state index in [2.05, 4.69) is 80.7 Å². The monoisotopic (exact) mass is 695 g/mol. The number of unbranched alkanes of at least 4 members (excludes halogenated alkanes) is 18. The molecule has 0 aromatic heterocycles. The van der Waals surface area contributed by atoms with Crippen molar-refractivity contribution in [1.29, 1.82) is 0 Å². The number of aliphatic carboxylic acids is 1. The number of hydrogen-bond acceptors (Lipinski definition) is 3. The Morgan fingerprint density at radius 3 is 1.38 bits per heavy atom. The van der Waals surface area contributed by atoms with Gasteiger partial charge >= 0.3 is 11.9 Å². The first-order valence-corrected chi connectivity index (χ1v) is 20.9. The molecule has 0 fully saturated rings. The van der Waals surface area contributed by atoms with Crippen molar-refractivity contribution in [3.8, 4) is 0 Å². The second kappa shape index (κ2) is 40.8. The fourth-order valence-corrected chi connectivity index (χ4v) is 5.83. The molecule has 1 unspecified atom stereocenters. The lowest BCUT2D eigenvalue weighted by Gasteiger charge is -2.14. The first kappa shape index (κ1) is 47.4. The first-order valence-electron chi connectivity index (χ1n) is 20.9. The Balaban J connectivity index is 3.97. The highest BCUT2D eigenvalue weighted by Gasteiger charge is 2.12. The van der Waals surface area contributed by atoms with Gasteiger partial charge in [0.2, 0.25) is 0 Å². The van der Waals surface area contributed by atoms with Gasteiger partial charge in [-0.1, -0.05) is 171 Å². The Hall–Kier alpha value is -2.62. The van der Waals surface area contributed by atoms with Crippen LogP contribution in [0, 0.1) is 0 Å². The van der Waals surface area contributed by atoms with Crippen LogP contribution in [0.4, 0.5) is 0 Å². The van der Waals surface area contributed by atoms with Crippen molar-refractivity contribution in [3.05, 3.63) is 72.9 Å². The van der Waals surface area contributed by atoms with Crippen molar-refractivity contribution >= 4 is 11.9 Å². The SMILES string of the molecule is CC/C=C\C/C=C\C/C=C\C/C=C\C/C=C\C(CCCCC(=O)O)OC(=O)CCCCCCCCCCC/C=C\CCCCCCCCCC. The minimum atomic E-state index is -0.777. The molecule has 0 saturated heterocycles. The molecule has 0 aromatic rings. The molecule has 0 aliphatic carbocycles. The standard InChI is InChI=1S/C46H78O4/c1-3-5-7-9-11-13-15-17-19-20-21-22-23-24-25-27-29-31-33-35-37-43-46(49)50-44(41-38-39-42-45(47)48)40-36-34-32-30-28-26-18-16-14-12-10-8-6-4-2/h6,8,12,14,18,20-21,26,30,32,36,40,44H,3-5,7,9-11,13,15-17,19,22-25,27-29,31,33-35,37-39,41-43H2,1-2H3,(H,47,48)/b8-6-,14-12-,21-20-,26-18-,32-30-,40-36-. The number of carboxylic acid groups (broad SMARTS) is 1. The topological polar surface area (TPSA) is 63.6 Å². The van der Waals surface area contributed by atoms with Gasteiger partial charge in [0.1, 0.15) is 6.10 Å². The molecule has 4 heteroatoms. The fourth-order valence-electron chi connectivity index (χ4n) is 5.83.